The molecule has 0 aliphatic heterocycles. The maximum Gasteiger partial charge on any atom is 0.307 e. The summed E-state index contributed by atoms with van der Waals surface area (Å²) in [6.07, 6.45) is -0.0191. The number of rotatable bonds is 4. The van der Waals surface area contributed by atoms with Crippen LogP contribution >= 0.6 is 23.4 Å². The first-order valence-electron chi connectivity index (χ1n) is 5.79. The van der Waals surface area contributed by atoms with E-state index in [-0.39, 0.29) is 6.42 Å². The van der Waals surface area contributed by atoms with Gasteiger partial charge in [-0.15, -0.1) is 0 Å². The SMILES string of the molecule is Cc1cccc(Sc2ccc(Cl)cc2CC(=O)O)c1. The number of carbonyl (C=O) groups is 1. The van der Waals surface area contributed by atoms with Crippen molar-refractivity contribution < 1.29 is 9.90 Å². The van der Waals surface area contributed by atoms with E-state index in [9.17, 15) is 4.79 Å². The molecule has 0 unspecified atom stereocenters. The molecular weight excluding hydrogens is 280 g/mol. The minimum Gasteiger partial charge on any atom is -0.481 e. The molecule has 0 aliphatic carbocycles. The standard InChI is InChI=1S/C15H13ClO2S/c1-10-3-2-4-13(7-10)19-14-6-5-12(16)8-11(14)9-15(17)18/h2-8H,9H2,1H3,(H,17,18). The van der Waals surface area contributed by atoms with E-state index < -0.39 is 5.97 Å². The molecule has 19 heavy (non-hydrogen) atoms. The van der Waals surface area contributed by atoms with E-state index in [1.165, 1.54) is 5.56 Å². The minimum atomic E-state index is -0.853. The van der Waals surface area contributed by atoms with Crippen LogP contribution in [0.5, 0.6) is 0 Å². The molecular formula is C15H13ClO2S. The Bertz CT molecular complexity index is 611. The fraction of sp³-hybridized carbons (Fsp3) is 0.133. The Hall–Kier alpha value is -1.45. The lowest BCUT2D eigenvalue weighted by Gasteiger charge is -2.08. The zero-order valence-corrected chi connectivity index (χ0v) is 12.0. The quantitative estimate of drug-likeness (QED) is 0.906. The predicted octanol–water partition coefficient (Wildman–Crippen LogP) is 4.43. The third-order valence-corrected chi connectivity index (χ3v) is 3.92. The van der Waals surface area contributed by atoms with Gasteiger partial charge in [0.1, 0.15) is 0 Å². The van der Waals surface area contributed by atoms with Crippen molar-refractivity contribution in [3.05, 3.63) is 58.6 Å². The fourth-order valence-electron chi connectivity index (χ4n) is 1.75. The molecule has 0 atom stereocenters. The summed E-state index contributed by atoms with van der Waals surface area (Å²) in [5, 5.41) is 9.50. The largest absolute Gasteiger partial charge is 0.481 e. The maximum absolute atomic E-state index is 10.9. The van der Waals surface area contributed by atoms with Crippen molar-refractivity contribution in [2.75, 3.05) is 0 Å². The highest BCUT2D eigenvalue weighted by Crippen LogP contribution is 2.32. The first kappa shape index (κ1) is 14.0. The summed E-state index contributed by atoms with van der Waals surface area (Å²) in [5.74, 6) is -0.853. The van der Waals surface area contributed by atoms with Gasteiger partial charge in [-0.1, -0.05) is 41.1 Å². The third kappa shape index (κ3) is 4.01. The van der Waals surface area contributed by atoms with Gasteiger partial charge in [0.25, 0.3) is 0 Å². The molecule has 4 heteroatoms. The minimum absolute atomic E-state index is 0.0191. The molecule has 2 aromatic carbocycles. The number of halogens is 1. The van der Waals surface area contributed by atoms with Crippen molar-refractivity contribution in [1.29, 1.82) is 0 Å². The maximum atomic E-state index is 10.9. The Morgan fingerprint density at radius 1 is 1.26 bits per heavy atom. The number of aliphatic carboxylic acids is 1. The average Bonchev–Trinajstić information content (AvgIpc) is 2.32. The van der Waals surface area contributed by atoms with Crippen molar-refractivity contribution in [3.63, 3.8) is 0 Å². The lowest BCUT2D eigenvalue weighted by molar-refractivity contribution is -0.136. The number of hydrogen-bond donors (Lipinski definition) is 1. The molecule has 2 rings (SSSR count). The number of aryl methyl sites for hydroxylation is 1. The summed E-state index contributed by atoms with van der Waals surface area (Å²) in [6.45, 7) is 2.03. The fourth-order valence-corrected chi connectivity index (χ4v) is 2.99. The van der Waals surface area contributed by atoms with Gasteiger partial charge in [0.2, 0.25) is 0 Å². The van der Waals surface area contributed by atoms with Crippen molar-refractivity contribution in [2.45, 2.75) is 23.1 Å². The number of carboxylic acids is 1. The Morgan fingerprint density at radius 2 is 2.05 bits per heavy atom. The molecule has 0 radical (unpaired) electrons. The number of carboxylic acid groups (broad SMARTS) is 1. The predicted molar refractivity (Wildman–Crippen MR) is 78.1 cm³/mol. The number of hydrogen-bond acceptors (Lipinski definition) is 2. The lowest BCUT2D eigenvalue weighted by atomic mass is 10.1. The second-order valence-corrected chi connectivity index (χ2v) is 5.79. The van der Waals surface area contributed by atoms with Crippen LogP contribution in [-0.4, -0.2) is 11.1 Å². The van der Waals surface area contributed by atoms with Crippen LogP contribution in [0.4, 0.5) is 0 Å². The normalized spacial score (nSPS) is 10.4. The van der Waals surface area contributed by atoms with E-state index in [1.807, 2.05) is 31.2 Å². The van der Waals surface area contributed by atoms with Gasteiger partial charge in [-0.25, -0.2) is 0 Å². The van der Waals surface area contributed by atoms with Crippen LogP contribution in [0.15, 0.2) is 52.3 Å². The zero-order valence-electron chi connectivity index (χ0n) is 10.4. The van der Waals surface area contributed by atoms with Crippen LogP contribution in [0.3, 0.4) is 0 Å². The monoisotopic (exact) mass is 292 g/mol. The summed E-state index contributed by atoms with van der Waals surface area (Å²) in [7, 11) is 0. The Labute approximate surface area is 121 Å². The molecule has 0 amide bonds. The van der Waals surface area contributed by atoms with E-state index in [4.69, 9.17) is 16.7 Å². The first-order valence-corrected chi connectivity index (χ1v) is 6.99. The van der Waals surface area contributed by atoms with Crippen molar-refractivity contribution in [1.82, 2.24) is 0 Å². The van der Waals surface area contributed by atoms with Gasteiger partial charge in [0.05, 0.1) is 6.42 Å². The van der Waals surface area contributed by atoms with Crippen LogP contribution in [-0.2, 0) is 11.2 Å². The Kier molecular flexibility index (Phi) is 4.51. The van der Waals surface area contributed by atoms with E-state index in [1.54, 1.807) is 23.9 Å². The van der Waals surface area contributed by atoms with E-state index in [0.717, 1.165) is 15.4 Å². The molecule has 0 heterocycles. The summed E-state index contributed by atoms with van der Waals surface area (Å²) in [5.41, 5.74) is 1.92. The van der Waals surface area contributed by atoms with Crippen molar-refractivity contribution in [2.24, 2.45) is 0 Å². The highest BCUT2D eigenvalue weighted by atomic mass is 35.5. The van der Waals surface area contributed by atoms with Gasteiger partial charge in [0, 0.05) is 14.8 Å². The van der Waals surface area contributed by atoms with Gasteiger partial charge in [0.15, 0.2) is 0 Å². The van der Waals surface area contributed by atoms with Gasteiger partial charge in [-0.3, -0.25) is 4.79 Å². The van der Waals surface area contributed by atoms with Gasteiger partial charge in [-0.2, -0.15) is 0 Å². The lowest BCUT2D eigenvalue weighted by Crippen LogP contribution is -2.01. The summed E-state index contributed by atoms with van der Waals surface area (Å²) >= 11 is 7.48. The molecule has 0 aliphatic rings. The highest BCUT2D eigenvalue weighted by molar-refractivity contribution is 7.99. The smallest absolute Gasteiger partial charge is 0.307 e. The van der Waals surface area contributed by atoms with Gasteiger partial charge >= 0.3 is 5.97 Å². The average molecular weight is 293 g/mol. The molecule has 2 aromatic rings. The Balaban J connectivity index is 2.31. The molecule has 0 spiro atoms. The topological polar surface area (TPSA) is 37.3 Å². The Morgan fingerprint density at radius 3 is 2.74 bits per heavy atom. The second-order valence-electron chi connectivity index (χ2n) is 4.24. The molecule has 0 saturated heterocycles. The van der Waals surface area contributed by atoms with Gasteiger partial charge in [-0.05, 0) is 42.8 Å². The van der Waals surface area contributed by atoms with Crippen LogP contribution in [0, 0.1) is 6.92 Å². The molecule has 0 aromatic heterocycles. The van der Waals surface area contributed by atoms with E-state index in [0.29, 0.717) is 5.02 Å². The van der Waals surface area contributed by atoms with Gasteiger partial charge < -0.3 is 5.11 Å². The summed E-state index contributed by atoms with van der Waals surface area (Å²) in [4.78, 5) is 12.9. The summed E-state index contributed by atoms with van der Waals surface area (Å²) < 4.78 is 0. The van der Waals surface area contributed by atoms with E-state index >= 15 is 0 Å². The molecule has 98 valence electrons. The molecule has 0 bridgehead atoms. The molecule has 2 nitrogen and oxygen atoms in total. The first-order chi connectivity index (χ1) is 9.04. The van der Waals surface area contributed by atoms with Crippen LogP contribution < -0.4 is 0 Å². The van der Waals surface area contributed by atoms with Crippen molar-refractivity contribution >= 4 is 29.3 Å². The van der Waals surface area contributed by atoms with Crippen LogP contribution in [0.25, 0.3) is 0 Å². The molecule has 0 fully saturated rings. The number of benzene rings is 2. The molecule has 0 saturated carbocycles. The van der Waals surface area contributed by atoms with Crippen LogP contribution in [0.1, 0.15) is 11.1 Å². The van der Waals surface area contributed by atoms with Crippen LogP contribution in [0.2, 0.25) is 5.02 Å². The zero-order chi connectivity index (χ0) is 13.8. The molecule has 1 N–H and O–H groups in total. The second kappa shape index (κ2) is 6.13. The highest BCUT2D eigenvalue weighted by Gasteiger charge is 2.09. The van der Waals surface area contributed by atoms with Crippen molar-refractivity contribution in [3.8, 4) is 0 Å². The van der Waals surface area contributed by atoms with E-state index in [2.05, 4.69) is 6.07 Å². The third-order valence-electron chi connectivity index (χ3n) is 2.58. The summed E-state index contributed by atoms with van der Waals surface area (Å²) in [6, 6.07) is 13.5.